The van der Waals surface area contributed by atoms with Gasteiger partial charge in [0.05, 0.1) is 42.5 Å². The number of phenolic OH excluding ortho intramolecular Hbond substituents is 1. The van der Waals surface area contributed by atoms with Gasteiger partial charge in [0.15, 0.2) is 0 Å². The summed E-state index contributed by atoms with van der Waals surface area (Å²) >= 11 is 0. The number of methoxy groups -OCH3 is 1. The van der Waals surface area contributed by atoms with E-state index in [0.717, 1.165) is 22.2 Å². The number of hydrogen-bond donors (Lipinski definition) is 2. The molecule has 40 heavy (non-hydrogen) atoms. The summed E-state index contributed by atoms with van der Waals surface area (Å²) in [6, 6.07) is 14.4. The maximum absolute atomic E-state index is 13.8. The van der Waals surface area contributed by atoms with Gasteiger partial charge in [0.2, 0.25) is 5.91 Å². The van der Waals surface area contributed by atoms with Gasteiger partial charge in [0.25, 0.3) is 5.56 Å². The van der Waals surface area contributed by atoms with E-state index in [1.54, 1.807) is 49.9 Å². The van der Waals surface area contributed by atoms with Gasteiger partial charge >= 0.3 is 0 Å². The number of hydrogen-bond acceptors (Lipinski definition) is 7. The lowest BCUT2D eigenvalue weighted by Crippen LogP contribution is -2.28. The van der Waals surface area contributed by atoms with Crippen molar-refractivity contribution in [2.75, 3.05) is 12.4 Å². The minimum Gasteiger partial charge on any atom is -0.507 e. The van der Waals surface area contributed by atoms with Crippen LogP contribution < -0.4 is 15.6 Å². The number of amides is 1. The molecule has 9 nitrogen and oxygen atoms in total. The number of benzene rings is 2. The number of carbonyl (C=O) groups is 1. The minimum absolute atomic E-state index is 0.136. The number of rotatable bonds is 7. The van der Waals surface area contributed by atoms with Crippen molar-refractivity contribution in [2.24, 2.45) is 0 Å². The number of pyridine rings is 2. The van der Waals surface area contributed by atoms with Crippen LogP contribution in [0.4, 0.5) is 5.69 Å². The van der Waals surface area contributed by atoms with Gasteiger partial charge in [-0.15, -0.1) is 0 Å². The third-order valence-corrected chi connectivity index (χ3v) is 6.96. The van der Waals surface area contributed by atoms with Gasteiger partial charge < -0.3 is 24.3 Å². The number of nitrogens with zero attached hydrogens (tertiary/aromatic N) is 3. The predicted octanol–water partition coefficient (Wildman–Crippen LogP) is 5.23. The third kappa shape index (κ3) is 5.05. The van der Waals surface area contributed by atoms with E-state index in [1.165, 1.54) is 0 Å². The van der Waals surface area contributed by atoms with Crippen LogP contribution in [0.3, 0.4) is 0 Å². The monoisotopic (exact) mass is 538 g/mol. The van der Waals surface area contributed by atoms with E-state index in [2.05, 4.69) is 15.5 Å². The Morgan fingerprint density at radius 2 is 1.82 bits per heavy atom. The summed E-state index contributed by atoms with van der Waals surface area (Å²) in [5.41, 5.74) is 5.57. The zero-order chi connectivity index (χ0) is 28.6. The molecule has 0 aliphatic heterocycles. The minimum atomic E-state index is -0.343. The molecule has 2 N–H and O–H groups in total. The molecule has 0 radical (unpaired) electrons. The SMILES string of the molecule is COc1cc2c(cc1-c1c(C)noc1C)cc(CC(=O)Nc1cc(C)c(O)c(C)c1)c(=O)n2Cc1ccccn1. The molecule has 0 aliphatic rings. The van der Waals surface area contributed by atoms with Crippen LogP contribution in [-0.4, -0.2) is 32.8 Å². The first-order chi connectivity index (χ1) is 19.2. The molecule has 5 aromatic rings. The van der Waals surface area contributed by atoms with Crippen molar-refractivity contribution in [1.82, 2.24) is 14.7 Å². The topological polar surface area (TPSA) is 119 Å². The van der Waals surface area contributed by atoms with E-state index in [4.69, 9.17) is 9.26 Å². The quantitative estimate of drug-likeness (QED) is 0.272. The van der Waals surface area contributed by atoms with Gasteiger partial charge in [-0.05, 0) is 80.6 Å². The Bertz CT molecular complexity index is 1760. The third-order valence-electron chi connectivity index (χ3n) is 6.96. The van der Waals surface area contributed by atoms with Crippen LogP contribution in [0, 0.1) is 27.7 Å². The first kappa shape index (κ1) is 26.7. The second-order valence-corrected chi connectivity index (χ2v) is 9.88. The number of aromatic nitrogens is 3. The highest BCUT2D eigenvalue weighted by molar-refractivity contribution is 5.94. The molecule has 0 atom stereocenters. The smallest absolute Gasteiger partial charge is 0.255 e. The first-order valence-electron chi connectivity index (χ1n) is 12.8. The van der Waals surface area contributed by atoms with Crippen molar-refractivity contribution in [3.05, 3.63) is 98.9 Å². The maximum atomic E-state index is 13.8. The van der Waals surface area contributed by atoms with Crippen LogP contribution in [-0.2, 0) is 17.8 Å². The number of nitrogens with one attached hydrogen (secondary N) is 1. The Morgan fingerprint density at radius 3 is 2.45 bits per heavy atom. The molecule has 3 aromatic heterocycles. The van der Waals surface area contributed by atoms with Crippen LogP contribution in [0.5, 0.6) is 11.5 Å². The normalized spacial score (nSPS) is 11.1. The molecule has 0 aliphatic carbocycles. The molecule has 0 fully saturated rings. The van der Waals surface area contributed by atoms with E-state index in [9.17, 15) is 14.7 Å². The van der Waals surface area contributed by atoms with Gasteiger partial charge in [-0.1, -0.05) is 11.2 Å². The van der Waals surface area contributed by atoms with Crippen molar-refractivity contribution < 1.29 is 19.2 Å². The molecule has 2 aromatic carbocycles. The molecule has 0 saturated heterocycles. The van der Waals surface area contributed by atoms with Crippen molar-refractivity contribution in [1.29, 1.82) is 0 Å². The lowest BCUT2D eigenvalue weighted by molar-refractivity contribution is -0.115. The number of aromatic hydroxyl groups is 1. The maximum Gasteiger partial charge on any atom is 0.255 e. The summed E-state index contributed by atoms with van der Waals surface area (Å²) in [6.45, 7) is 7.45. The number of fused-ring (bicyclic) bond motifs is 1. The molecular weight excluding hydrogens is 508 g/mol. The van der Waals surface area contributed by atoms with Crippen molar-refractivity contribution in [2.45, 2.75) is 40.7 Å². The highest BCUT2D eigenvalue weighted by atomic mass is 16.5. The number of aryl methyl sites for hydroxylation is 4. The molecule has 5 rings (SSSR count). The second-order valence-electron chi connectivity index (χ2n) is 9.88. The largest absolute Gasteiger partial charge is 0.507 e. The Hall–Kier alpha value is -4.92. The number of ether oxygens (including phenoxy) is 1. The average Bonchev–Trinajstić information content (AvgIpc) is 3.26. The Labute approximate surface area is 231 Å². The standard InChI is InChI=1S/C31H30N4O5/c1-17-10-24(11-18(2)30(17)37)33-28(36)14-22-12-21-13-25(29-19(3)34-40-20(29)4)27(39-5)15-26(21)35(31(22)38)16-23-8-6-7-9-32-23/h6-13,15,37H,14,16H2,1-5H3,(H,33,36). The molecule has 0 saturated carbocycles. The van der Waals surface area contributed by atoms with E-state index in [-0.39, 0.29) is 30.2 Å². The Balaban J connectivity index is 1.63. The molecule has 9 heteroatoms. The van der Waals surface area contributed by atoms with Crippen LogP contribution in [0.2, 0.25) is 0 Å². The fourth-order valence-electron chi connectivity index (χ4n) is 5.04. The van der Waals surface area contributed by atoms with E-state index < -0.39 is 0 Å². The lowest BCUT2D eigenvalue weighted by atomic mass is 9.99. The zero-order valence-electron chi connectivity index (χ0n) is 23.0. The first-order valence-corrected chi connectivity index (χ1v) is 12.8. The summed E-state index contributed by atoms with van der Waals surface area (Å²) in [5.74, 6) is 1.06. The summed E-state index contributed by atoms with van der Waals surface area (Å²) in [5, 5.41) is 17.8. The van der Waals surface area contributed by atoms with Crippen LogP contribution in [0.15, 0.2) is 64.0 Å². The fraction of sp³-hybridized carbons (Fsp3) is 0.226. The zero-order valence-corrected chi connectivity index (χ0v) is 23.0. The van der Waals surface area contributed by atoms with Crippen molar-refractivity contribution in [3.8, 4) is 22.6 Å². The van der Waals surface area contributed by atoms with E-state index in [0.29, 0.717) is 45.1 Å². The Morgan fingerprint density at radius 1 is 1.07 bits per heavy atom. The number of phenols is 1. The molecule has 0 bridgehead atoms. The highest BCUT2D eigenvalue weighted by Crippen LogP contribution is 2.37. The predicted molar refractivity (Wildman–Crippen MR) is 153 cm³/mol. The Kier molecular flexibility index (Phi) is 7.13. The number of anilines is 1. The van der Waals surface area contributed by atoms with Crippen LogP contribution in [0.1, 0.15) is 33.8 Å². The van der Waals surface area contributed by atoms with Gasteiger partial charge in [-0.2, -0.15) is 0 Å². The summed E-state index contributed by atoms with van der Waals surface area (Å²) in [7, 11) is 1.58. The lowest BCUT2D eigenvalue weighted by Gasteiger charge is -2.16. The summed E-state index contributed by atoms with van der Waals surface area (Å²) < 4.78 is 12.8. The van der Waals surface area contributed by atoms with Crippen LogP contribution in [0.25, 0.3) is 22.0 Å². The highest BCUT2D eigenvalue weighted by Gasteiger charge is 2.20. The summed E-state index contributed by atoms with van der Waals surface area (Å²) in [4.78, 5) is 31.3. The molecular formula is C31H30N4O5. The molecule has 1 amide bonds. The van der Waals surface area contributed by atoms with Gasteiger partial charge in [-0.25, -0.2) is 0 Å². The van der Waals surface area contributed by atoms with E-state index >= 15 is 0 Å². The summed E-state index contributed by atoms with van der Waals surface area (Å²) in [6.07, 6.45) is 1.54. The molecule has 0 unspecified atom stereocenters. The fourth-order valence-corrected chi connectivity index (χ4v) is 5.04. The number of carbonyl (C=O) groups excluding carboxylic acids is 1. The average molecular weight is 539 g/mol. The van der Waals surface area contributed by atoms with Gasteiger partial charge in [0, 0.05) is 29.1 Å². The van der Waals surface area contributed by atoms with Gasteiger partial charge in [-0.3, -0.25) is 14.6 Å². The molecule has 204 valence electrons. The second kappa shape index (κ2) is 10.7. The van der Waals surface area contributed by atoms with Crippen molar-refractivity contribution in [3.63, 3.8) is 0 Å². The van der Waals surface area contributed by atoms with Crippen molar-refractivity contribution >= 4 is 22.5 Å². The van der Waals surface area contributed by atoms with E-state index in [1.807, 2.05) is 44.2 Å². The molecule has 3 heterocycles. The molecule has 0 spiro atoms. The van der Waals surface area contributed by atoms with Gasteiger partial charge in [0.1, 0.15) is 17.3 Å². The van der Waals surface area contributed by atoms with Crippen LogP contribution >= 0.6 is 0 Å².